The fourth-order valence-corrected chi connectivity index (χ4v) is 2.18. The van der Waals surface area contributed by atoms with Crippen molar-refractivity contribution in [2.45, 2.75) is 26.8 Å². The van der Waals surface area contributed by atoms with Crippen LogP contribution in [0.25, 0.3) is 0 Å². The van der Waals surface area contributed by atoms with Crippen LogP contribution in [0.5, 0.6) is 0 Å². The van der Waals surface area contributed by atoms with E-state index in [9.17, 15) is 0 Å². The minimum atomic E-state index is 0.546. The highest BCUT2D eigenvalue weighted by atomic mass is 35.5. The Kier molecular flexibility index (Phi) is 3.22. The van der Waals surface area contributed by atoms with Crippen LogP contribution in [-0.2, 0) is 6.54 Å². The Balaban J connectivity index is 1.94. The van der Waals surface area contributed by atoms with Crippen LogP contribution in [0.15, 0.2) is 6.07 Å². The first kappa shape index (κ1) is 10.8. The van der Waals surface area contributed by atoms with Gasteiger partial charge in [0.05, 0.1) is 6.54 Å². The molecule has 1 fully saturated rings. The van der Waals surface area contributed by atoms with E-state index in [0.717, 1.165) is 24.0 Å². The Labute approximate surface area is 95.5 Å². The number of aromatic nitrogens is 2. The molecule has 0 radical (unpaired) electrons. The smallest absolute Gasteiger partial charge is 0.144 e. The quantitative estimate of drug-likeness (QED) is 0.740. The van der Waals surface area contributed by atoms with Gasteiger partial charge in [-0.05, 0) is 18.9 Å². The molecule has 1 aliphatic rings. The average Bonchev–Trinajstić information content (AvgIpc) is 2.08. The van der Waals surface area contributed by atoms with Crippen molar-refractivity contribution in [3.63, 3.8) is 0 Å². The molecule has 0 bridgehead atoms. The maximum atomic E-state index is 5.88. The van der Waals surface area contributed by atoms with E-state index < -0.39 is 0 Å². The normalized spacial score (nSPS) is 17.8. The third-order valence-corrected chi connectivity index (χ3v) is 3.04. The summed E-state index contributed by atoms with van der Waals surface area (Å²) in [4.78, 5) is 10.9. The lowest BCUT2D eigenvalue weighted by atomic mass is 9.97. The van der Waals surface area contributed by atoms with Crippen LogP contribution in [-0.4, -0.2) is 28.0 Å². The predicted molar refractivity (Wildman–Crippen MR) is 60.8 cm³/mol. The molecule has 0 saturated carbocycles. The number of rotatable bonds is 3. The van der Waals surface area contributed by atoms with Gasteiger partial charge in [0.25, 0.3) is 0 Å². The summed E-state index contributed by atoms with van der Waals surface area (Å²) in [5.74, 6) is 1.71. The van der Waals surface area contributed by atoms with E-state index >= 15 is 0 Å². The Morgan fingerprint density at radius 1 is 1.47 bits per heavy atom. The largest absolute Gasteiger partial charge is 0.295 e. The Bertz CT molecular complexity index is 327. The Morgan fingerprint density at radius 3 is 2.80 bits per heavy atom. The zero-order valence-electron chi connectivity index (χ0n) is 9.20. The van der Waals surface area contributed by atoms with Crippen molar-refractivity contribution < 1.29 is 0 Å². The first-order chi connectivity index (χ1) is 7.17. The van der Waals surface area contributed by atoms with E-state index in [1.165, 1.54) is 19.5 Å². The van der Waals surface area contributed by atoms with Crippen molar-refractivity contribution >= 4 is 11.6 Å². The van der Waals surface area contributed by atoms with Crippen LogP contribution in [0, 0.1) is 12.8 Å². The van der Waals surface area contributed by atoms with E-state index in [1.807, 2.05) is 6.92 Å². The SMILES string of the molecule is CCC1CN(Cc2nc(C)cc(Cl)n2)C1. The molecule has 0 aromatic carbocycles. The van der Waals surface area contributed by atoms with Crippen molar-refractivity contribution in [1.82, 2.24) is 14.9 Å². The highest BCUT2D eigenvalue weighted by molar-refractivity contribution is 6.29. The van der Waals surface area contributed by atoms with Gasteiger partial charge in [0.2, 0.25) is 0 Å². The van der Waals surface area contributed by atoms with E-state index in [0.29, 0.717) is 5.15 Å². The molecule has 1 aromatic heterocycles. The number of hydrogen-bond acceptors (Lipinski definition) is 3. The van der Waals surface area contributed by atoms with Crippen LogP contribution in [0.4, 0.5) is 0 Å². The molecule has 1 aromatic rings. The van der Waals surface area contributed by atoms with Gasteiger partial charge in [0.15, 0.2) is 0 Å². The summed E-state index contributed by atoms with van der Waals surface area (Å²) < 4.78 is 0. The second-order valence-corrected chi connectivity index (χ2v) is 4.60. The molecule has 4 heteroatoms. The van der Waals surface area contributed by atoms with Gasteiger partial charge < -0.3 is 0 Å². The predicted octanol–water partition coefficient (Wildman–Crippen LogP) is 2.28. The molecule has 3 nitrogen and oxygen atoms in total. The van der Waals surface area contributed by atoms with Gasteiger partial charge in [-0.25, -0.2) is 9.97 Å². The zero-order valence-corrected chi connectivity index (χ0v) is 9.96. The molecule has 2 rings (SSSR count). The molecule has 0 atom stereocenters. The van der Waals surface area contributed by atoms with Crippen molar-refractivity contribution in [2.75, 3.05) is 13.1 Å². The van der Waals surface area contributed by atoms with Crippen LogP contribution in [0.3, 0.4) is 0 Å². The molecule has 0 amide bonds. The third-order valence-electron chi connectivity index (χ3n) is 2.84. The van der Waals surface area contributed by atoms with Crippen molar-refractivity contribution in [3.05, 3.63) is 22.7 Å². The van der Waals surface area contributed by atoms with Gasteiger partial charge in [-0.2, -0.15) is 0 Å². The second kappa shape index (κ2) is 4.45. The fraction of sp³-hybridized carbons (Fsp3) is 0.636. The number of likely N-dealkylation sites (tertiary alicyclic amines) is 1. The number of nitrogens with zero attached hydrogens (tertiary/aromatic N) is 3. The first-order valence-electron chi connectivity index (χ1n) is 5.39. The van der Waals surface area contributed by atoms with E-state index in [-0.39, 0.29) is 0 Å². The summed E-state index contributed by atoms with van der Waals surface area (Å²) in [6, 6.07) is 1.79. The molecule has 2 heterocycles. The molecule has 0 spiro atoms. The molecular weight excluding hydrogens is 210 g/mol. The highest BCUT2D eigenvalue weighted by Crippen LogP contribution is 2.20. The van der Waals surface area contributed by atoms with Crippen LogP contribution in [0.2, 0.25) is 5.15 Å². The summed E-state index contributed by atoms with van der Waals surface area (Å²) in [5, 5.41) is 0.546. The molecule has 0 N–H and O–H groups in total. The van der Waals surface area contributed by atoms with E-state index in [1.54, 1.807) is 6.07 Å². The van der Waals surface area contributed by atoms with Gasteiger partial charge in [-0.15, -0.1) is 0 Å². The number of halogens is 1. The Hall–Kier alpha value is -0.670. The summed E-state index contributed by atoms with van der Waals surface area (Å²) in [6.45, 7) is 7.36. The lowest BCUT2D eigenvalue weighted by Gasteiger charge is -2.38. The summed E-state index contributed by atoms with van der Waals surface area (Å²) in [5.41, 5.74) is 0.942. The van der Waals surface area contributed by atoms with Gasteiger partial charge in [-0.1, -0.05) is 24.9 Å². The molecule has 1 saturated heterocycles. The molecule has 82 valence electrons. The molecule has 0 aliphatic carbocycles. The van der Waals surface area contributed by atoms with Crippen LogP contribution < -0.4 is 0 Å². The molecule has 0 unspecified atom stereocenters. The second-order valence-electron chi connectivity index (χ2n) is 4.22. The minimum Gasteiger partial charge on any atom is -0.295 e. The zero-order chi connectivity index (χ0) is 10.8. The fourth-order valence-electron chi connectivity index (χ4n) is 1.92. The summed E-state index contributed by atoms with van der Waals surface area (Å²) in [6.07, 6.45) is 1.27. The Morgan fingerprint density at radius 2 is 2.20 bits per heavy atom. The third kappa shape index (κ3) is 2.67. The van der Waals surface area contributed by atoms with E-state index in [4.69, 9.17) is 11.6 Å². The summed E-state index contributed by atoms with van der Waals surface area (Å²) in [7, 11) is 0. The van der Waals surface area contributed by atoms with Gasteiger partial charge in [0.1, 0.15) is 11.0 Å². The lowest BCUT2D eigenvalue weighted by molar-refractivity contribution is 0.0869. The van der Waals surface area contributed by atoms with Gasteiger partial charge in [-0.3, -0.25) is 4.90 Å². The lowest BCUT2D eigenvalue weighted by Crippen LogP contribution is -2.45. The van der Waals surface area contributed by atoms with Crippen LogP contribution >= 0.6 is 11.6 Å². The topological polar surface area (TPSA) is 29.0 Å². The van der Waals surface area contributed by atoms with Crippen LogP contribution in [0.1, 0.15) is 24.9 Å². The molecular formula is C11H16ClN3. The summed E-state index contributed by atoms with van der Waals surface area (Å²) >= 11 is 5.88. The van der Waals surface area contributed by atoms with Crippen molar-refractivity contribution in [3.8, 4) is 0 Å². The minimum absolute atomic E-state index is 0.546. The average molecular weight is 226 g/mol. The maximum Gasteiger partial charge on any atom is 0.144 e. The number of hydrogen-bond donors (Lipinski definition) is 0. The highest BCUT2D eigenvalue weighted by Gasteiger charge is 2.25. The standard InChI is InChI=1S/C11H16ClN3/c1-3-9-5-15(6-9)7-11-13-8(2)4-10(12)14-11/h4,9H,3,5-7H2,1-2H3. The molecule has 15 heavy (non-hydrogen) atoms. The van der Waals surface area contributed by atoms with E-state index in [2.05, 4.69) is 21.8 Å². The van der Waals surface area contributed by atoms with Crippen molar-refractivity contribution in [2.24, 2.45) is 5.92 Å². The van der Waals surface area contributed by atoms with Crippen molar-refractivity contribution in [1.29, 1.82) is 0 Å². The van der Waals surface area contributed by atoms with Gasteiger partial charge in [0, 0.05) is 18.8 Å². The van der Waals surface area contributed by atoms with Gasteiger partial charge >= 0.3 is 0 Å². The maximum absolute atomic E-state index is 5.88. The first-order valence-corrected chi connectivity index (χ1v) is 5.77. The molecule has 1 aliphatic heterocycles. The monoisotopic (exact) mass is 225 g/mol. The number of aryl methyl sites for hydroxylation is 1.